The van der Waals surface area contributed by atoms with Crippen molar-refractivity contribution in [3.63, 3.8) is 0 Å². The summed E-state index contributed by atoms with van der Waals surface area (Å²) in [5.74, 6) is 1.25. The minimum absolute atomic E-state index is 0.572. The van der Waals surface area contributed by atoms with Gasteiger partial charge in [0.1, 0.15) is 0 Å². The topological polar surface area (TPSA) is 12.0 Å². The van der Waals surface area contributed by atoms with Crippen molar-refractivity contribution in [1.82, 2.24) is 4.72 Å². The van der Waals surface area contributed by atoms with Gasteiger partial charge in [-0.2, -0.15) is 0 Å². The average molecular weight is 168 g/mol. The minimum Gasteiger partial charge on any atom is -0.251 e. The third-order valence-corrected chi connectivity index (χ3v) is 2.57. The van der Waals surface area contributed by atoms with Crippen LogP contribution < -0.4 is 4.72 Å². The molecule has 0 radical (unpaired) electrons. The van der Waals surface area contributed by atoms with E-state index in [-0.39, 0.29) is 0 Å². The highest BCUT2D eigenvalue weighted by atomic mass is 79.9. The summed E-state index contributed by atoms with van der Waals surface area (Å²) < 4.78 is 3.15. The second-order valence-corrected chi connectivity index (χ2v) is 3.26. The van der Waals surface area contributed by atoms with Crippen LogP contribution in [0.25, 0.3) is 0 Å². The molecule has 3 heteroatoms. The van der Waals surface area contributed by atoms with E-state index >= 15 is 0 Å². The molecule has 1 nitrogen and oxygen atoms in total. The van der Waals surface area contributed by atoms with Crippen LogP contribution in [-0.2, 0) is 0 Å². The molecule has 0 bridgehead atoms. The Kier molecular flexibility index (Phi) is 1.80. The maximum Gasteiger partial charge on any atom is 0.0732 e. The Morgan fingerprint density at radius 3 is 2.83 bits per heavy atom. The van der Waals surface area contributed by atoms with Gasteiger partial charge in [0.05, 0.1) is 4.95 Å². The van der Waals surface area contributed by atoms with Gasteiger partial charge in [0.2, 0.25) is 0 Å². The van der Waals surface area contributed by atoms with Crippen LogP contribution in [-0.4, -0.2) is 10.7 Å². The number of rotatable bonds is 0. The van der Waals surface area contributed by atoms with E-state index in [1.807, 2.05) is 0 Å². The predicted molar refractivity (Wildman–Crippen MR) is 32.9 cm³/mol. The minimum atomic E-state index is 0.572. The molecule has 1 rings (SSSR count). The van der Waals surface area contributed by atoms with Gasteiger partial charge in [0.15, 0.2) is 0 Å². The monoisotopic (exact) mass is 167 g/mol. The zero-order valence-corrected chi connectivity index (χ0v) is 5.68. The molecule has 0 aromatic heterocycles. The summed E-state index contributed by atoms with van der Waals surface area (Å²) in [6.45, 7) is 0. The number of alkyl halides is 1. The summed E-state index contributed by atoms with van der Waals surface area (Å²) in [6.07, 6.45) is 1.25. The molecule has 1 aliphatic rings. The fraction of sp³-hybridized carbons (Fsp3) is 1.00. The van der Waals surface area contributed by atoms with Gasteiger partial charge >= 0.3 is 0 Å². The third-order valence-electron chi connectivity index (χ3n) is 0.685. The van der Waals surface area contributed by atoms with Gasteiger partial charge in [-0.25, -0.2) is 0 Å². The molecule has 1 heterocycles. The van der Waals surface area contributed by atoms with E-state index in [1.165, 1.54) is 12.2 Å². The third kappa shape index (κ3) is 1.13. The van der Waals surface area contributed by atoms with E-state index in [9.17, 15) is 0 Å². The molecule has 0 aromatic rings. The molecule has 1 fully saturated rings. The number of hydrogen-bond donors (Lipinski definition) is 1. The maximum absolute atomic E-state index is 3.41. The Hall–Kier alpha value is 0.790. The molecule has 1 atom stereocenters. The molecule has 0 spiro atoms. The van der Waals surface area contributed by atoms with Gasteiger partial charge in [0.25, 0.3) is 0 Å². The van der Waals surface area contributed by atoms with Crippen molar-refractivity contribution >= 4 is 27.9 Å². The van der Waals surface area contributed by atoms with Crippen LogP contribution in [0.5, 0.6) is 0 Å². The number of halogens is 1. The smallest absolute Gasteiger partial charge is 0.0732 e. The van der Waals surface area contributed by atoms with Crippen molar-refractivity contribution in [2.45, 2.75) is 11.4 Å². The van der Waals surface area contributed by atoms with E-state index in [0.29, 0.717) is 4.95 Å². The van der Waals surface area contributed by atoms with E-state index in [1.54, 1.807) is 11.9 Å². The predicted octanol–water partition coefficient (Wildman–Crippen LogP) is 1.35. The Morgan fingerprint density at radius 1 is 1.83 bits per heavy atom. The number of hydrogen-bond acceptors (Lipinski definition) is 2. The van der Waals surface area contributed by atoms with Crippen molar-refractivity contribution in [3.05, 3.63) is 0 Å². The van der Waals surface area contributed by atoms with Crippen LogP contribution in [0.2, 0.25) is 0 Å². The van der Waals surface area contributed by atoms with Gasteiger partial charge in [-0.15, -0.1) is 0 Å². The summed E-state index contributed by atoms with van der Waals surface area (Å²) >= 11 is 5.19. The van der Waals surface area contributed by atoms with Crippen LogP contribution in [0, 0.1) is 0 Å². The van der Waals surface area contributed by atoms with E-state index in [0.717, 1.165) is 0 Å². The van der Waals surface area contributed by atoms with Crippen LogP contribution in [0.4, 0.5) is 0 Å². The molecule has 0 saturated carbocycles. The first-order valence-corrected chi connectivity index (χ1v) is 3.81. The lowest BCUT2D eigenvalue weighted by molar-refractivity contribution is 0.888. The Balaban J connectivity index is 2.18. The lowest BCUT2D eigenvalue weighted by Gasteiger charge is -1.91. The zero-order chi connectivity index (χ0) is 4.41. The molecule has 1 N–H and O–H groups in total. The molecule has 0 aromatic carbocycles. The molecule has 0 aliphatic carbocycles. The van der Waals surface area contributed by atoms with E-state index in [4.69, 9.17) is 0 Å². The average Bonchev–Trinajstić information content (AvgIpc) is 1.86. The van der Waals surface area contributed by atoms with E-state index < -0.39 is 0 Å². The summed E-state index contributed by atoms with van der Waals surface area (Å²) in [5.41, 5.74) is 0. The molecule has 1 unspecified atom stereocenters. The van der Waals surface area contributed by atoms with Gasteiger partial charge < -0.3 is 0 Å². The SMILES string of the molecule is BrC1CCSN1. The summed E-state index contributed by atoms with van der Waals surface area (Å²) in [4.78, 5) is 0.572. The van der Waals surface area contributed by atoms with Gasteiger partial charge in [-0.3, -0.25) is 4.72 Å². The van der Waals surface area contributed by atoms with Gasteiger partial charge in [-0.1, -0.05) is 27.9 Å². The maximum atomic E-state index is 3.41. The molecule has 1 aliphatic heterocycles. The van der Waals surface area contributed by atoms with Crippen molar-refractivity contribution in [2.24, 2.45) is 0 Å². The highest BCUT2D eigenvalue weighted by molar-refractivity contribution is 9.09. The highest BCUT2D eigenvalue weighted by Gasteiger charge is 2.08. The summed E-state index contributed by atoms with van der Waals surface area (Å²) in [7, 11) is 0. The largest absolute Gasteiger partial charge is 0.251 e. The zero-order valence-electron chi connectivity index (χ0n) is 3.28. The Labute approximate surface area is 50.1 Å². The van der Waals surface area contributed by atoms with Crippen molar-refractivity contribution < 1.29 is 0 Å². The van der Waals surface area contributed by atoms with Crippen LogP contribution in [0.1, 0.15) is 6.42 Å². The molecule has 1 saturated heterocycles. The van der Waals surface area contributed by atoms with Crippen LogP contribution in [0.15, 0.2) is 0 Å². The molecule has 36 valence electrons. The van der Waals surface area contributed by atoms with Crippen molar-refractivity contribution in [3.8, 4) is 0 Å². The molecule has 6 heavy (non-hydrogen) atoms. The van der Waals surface area contributed by atoms with Gasteiger partial charge in [-0.05, 0) is 6.42 Å². The first-order valence-electron chi connectivity index (χ1n) is 1.91. The molecular weight excluding hydrogens is 162 g/mol. The first-order chi connectivity index (χ1) is 2.89. The van der Waals surface area contributed by atoms with Crippen molar-refractivity contribution in [2.75, 3.05) is 5.75 Å². The Morgan fingerprint density at radius 2 is 2.67 bits per heavy atom. The van der Waals surface area contributed by atoms with Crippen LogP contribution in [0.3, 0.4) is 0 Å². The quantitative estimate of drug-likeness (QED) is 0.333. The van der Waals surface area contributed by atoms with Gasteiger partial charge in [0, 0.05) is 5.75 Å². The first kappa shape index (κ1) is 4.94. The fourth-order valence-electron chi connectivity index (χ4n) is 0.371. The molecular formula is C3H6BrNS. The second kappa shape index (κ2) is 2.19. The highest BCUT2D eigenvalue weighted by Crippen LogP contribution is 2.16. The fourth-order valence-corrected chi connectivity index (χ4v) is 2.07. The van der Waals surface area contributed by atoms with E-state index in [2.05, 4.69) is 20.7 Å². The standard InChI is InChI=1S/C3H6BrNS/c4-3-1-2-6-5-3/h3,5H,1-2H2. The Bertz CT molecular complexity index is 44.1. The van der Waals surface area contributed by atoms with Crippen LogP contribution >= 0.6 is 27.9 Å². The lowest BCUT2D eigenvalue weighted by atomic mass is 10.5. The molecule has 0 amide bonds. The summed E-state index contributed by atoms with van der Waals surface area (Å²) in [5, 5.41) is 0. The second-order valence-electron chi connectivity index (χ2n) is 1.22. The number of nitrogens with one attached hydrogen (secondary N) is 1. The normalized spacial score (nSPS) is 34.5. The summed E-state index contributed by atoms with van der Waals surface area (Å²) in [6, 6.07) is 0. The van der Waals surface area contributed by atoms with Crippen molar-refractivity contribution in [1.29, 1.82) is 0 Å². The lowest BCUT2D eigenvalue weighted by Crippen LogP contribution is -2.05.